The fourth-order valence-electron chi connectivity index (χ4n) is 2.36. The van der Waals surface area contributed by atoms with Crippen molar-refractivity contribution in [3.8, 4) is 11.5 Å². The first-order valence-corrected chi connectivity index (χ1v) is 8.13. The van der Waals surface area contributed by atoms with Crippen LogP contribution in [0.1, 0.15) is 11.1 Å². The van der Waals surface area contributed by atoms with Crippen molar-refractivity contribution in [2.45, 2.75) is 19.6 Å². The maximum Gasteiger partial charge on any atom is 0.387 e. The zero-order valence-electron chi connectivity index (χ0n) is 14.7. The van der Waals surface area contributed by atoms with Gasteiger partial charge in [-0.15, -0.1) is 0 Å². The van der Waals surface area contributed by atoms with E-state index in [1.807, 2.05) is 24.3 Å². The molecule has 0 heterocycles. The first-order chi connectivity index (χ1) is 12.5. The van der Waals surface area contributed by atoms with E-state index in [4.69, 9.17) is 4.74 Å². The van der Waals surface area contributed by atoms with E-state index >= 15 is 0 Å². The normalized spacial score (nSPS) is 10.5. The Bertz CT molecular complexity index is 691. The average Bonchev–Trinajstić information content (AvgIpc) is 2.63. The summed E-state index contributed by atoms with van der Waals surface area (Å²) >= 11 is 0. The zero-order chi connectivity index (χ0) is 18.9. The van der Waals surface area contributed by atoms with Gasteiger partial charge in [-0.25, -0.2) is 4.79 Å². The average molecular weight is 364 g/mol. The summed E-state index contributed by atoms with van der Waals surface area (Å²) in [5, 5.41) is 2.85. The number of amides is 2. The van der Waals surface area contributed by atoms with Crippen LogP contribution >= 0.6 is 0 Å². The fourth-order valence-corrected chi connectivity index (χ4v) is 2.36. The van der Waals surface area contributed by atoms with Crippen molar-refractivity contribution in [2.75, 3.05) is 20.7 Å². The third kappa shape index (κ3) is 6.23. The van der Waals surface area contributed by atoms with Crippen molar-refractivity contribution in [1.82, 2.24) is 10.2 Å². The molecule has 0 aliphatic heterocycles. The fraction of sp³-hybridized carbons (Fsp3) is 0.316. The molecule has 2 aromatic rings. The SMILES string of the molecule is COc1ccc(CCNC(=O)N(C)Cc2ccc(OC(F)F)cc2)cc1. The second kappa shape index (κ2) is 9.60. The number of ether oxygens (including phenoxy) is 2. The molecular weight excluding hydrogens is 342 g/mol. The van der Waals surface area contributed by atoms with Gasteiger partial charge in [0.2, 0.25) is 0 Å². The minimum atomic E-state index is -2.85. The lowest BCUT2D eigenvalue weighted by Crippen LogP contribution is -2.37. The van der Waals surface area contributed by atoms with Gasteiger partial charge in [0.1, 0.15) is 11.5 Å². The van der Waals surface area contributed by atoms with E-state index in [1.54, 1.807) is 26.3 Å². The molecule has 0 radical (unpaired) electrons. The van der Waals surface area contributed by atoms with Crippen LogP contribution in [-0.4, -0.2) is 38.2 Å². The Morgan fingerprint density at radius 1 is 1.04 bits per heavy atom. The van der Waals surface area contributed by atoms with E-state index < -0.39 is 6.61 Å². The minimum absolute atomic E-state index is 0.0929. The third-order valence-corrected chi connectivity index (χ3v) is 3.76. The number of carbonyl (C=O) groups excluding carboxylic acids is 1. The molecule has 0 atom stereocenters. The molecule has 140 valence electrons. The lowest BCUT2D eigenvalue weighted by molar-refractivity contribution is -0.0498. The number of hydrogen-bond donors (Lipinski definition) is 1. The van der Waals surface area contributed by atoms with Gasteiger partial charge < -0.3 is 19.7 Å². The van der Waals surface area contributed by atoms with Crippen molar-refractivity contribution < 1.29 is 23.0 Å². The predicted octanol–water partition coefficient (Wildman–Crippen LogP) is 3.68. The Morgan fingerprint density at radius 2 is 1.62 bits per heavy atom. The smallest absolute Gasteiger partial charge is 0.387 e. The van der Waals surface area contributed by atoms with E-state index in [1.165, 1.54) is 17.0 Å². The largest absolute Gasteiger partial charge is 0.497 e. The number of nitrogens with one attached hydrogen (secondary N) is 1. The highest BCUT2D eigenvalue weighted by Crippen LogP contribution is 2.16. The van der Waals surface area contributed by atoms with E-state index in [-0.39, 0.29) is 11.8 Å². The van der Waals surface area contributed by atoms with Crippen molar-refractivity contribution in [1.29, 1.82) is 0 Å². The highest BCUT2D eigenvalue weighted by Gasteiger charge is 2.09. The number of halogens is 2. The molecule has 26 heavy (non-hydrogen) atoms. The van der Waals surface area contributed by atoms with Crippen LogP contribution in [0.15, 0.2) is 48.5 Å². The van der Waals surface area contributed by atoms with Gasteiger partial charge in [0, 0.05) is 20.1 Å². The predicted molar refractivity (Wildman–Crippen MR) is 94.6 cm³/mol. The maximum absolute atomic E-state index is 12.1. The standard InChI is InChI=1S/C19H22F2N2O3/c1-23(13-15-5-9-17(10-6-15)26-18(20)21)19(24)22-12-11-14-3-7-16(25-2)8-4-14/h3-10,18H,11-13H2,1-2H3,(H,22,24). The first-order valence-electron chi connectivity index (χ1n) is 8.13. The Morgan fingerprint density at radius 3 is 2.19 bits per heavy atom. The Hall–Kier alpha value is -2.83. The number of carbonyl (C=O) groups is 1. The van der Waals surface area contributed by atoms with Crippen molar-refractivity contribution in [3.63, 3.8) is 0 Å². The summed E-state index contributed by atoms with van der Waals surface area (Å²) in [6.45, 7) is -1.97. The van der Waals surface area contributed by atoms with Crippen molar-refractivity contribution in [2.24, 2.45) is 0 Å². The molecule has 0 fully saturated rings. The van der Waals surface area contributed by atoms with Crippen LogP contribution in [0.3, 0.4) is 0 Å². The number of urea groups is 1. The van der Waals surface area contributed by atoms with Gasteiger partial charge in [-0.05, 0) is 41.8 Å². The molecule has 0 saturated heterocycles. The molecule has 0 unspecified atom stereocenters. The van der Waals surface area contributed by atoms with Gasteiger partial charge in [-0.1, -0.05) is 24.3 Å². The van der Waals surface area contributed by atoms with Gasteiger partial charge in [0.25, 0.3) is 0 Å². The molecule has 2 rings (SSSR count). The van der Waals surface area contributed by atoms with Gasteiger partial charge in [-0.3, -0.25) is 0 Å². The molecule has 0 aromatic heterocycles. The molecule has 0 aliphatic rings. The number of alkyl halides is 2. The van der Waals surface area contributed by atoms with Gasteiger partial charge in [0.15, 0.2) is 0 Å². The van der Waals surface area contributed by atoms with Crippen LogP contribution in [0.4, 0.5) is 13.6 Å². The molecular formula is C19H22F2N2O3. The molecule has 1 N–H and O–H groups in total. The minimum Gasteiger partial charge on any atom is -0.497 e. The summed E-state index contributed by atoms with van der Waals surface area (Å²) in [5.74, 6) is 0.887. The Kier molecular flexibility index (Phi) is 7.20. The van der Waals surface area contributed by atoms with E-state index in [9.17, 15) is 13.6 Å². The quantitative estimate of drug-likeness (QED) is 0.777. The number of benzene rings is 2. The lowest BCUT2D eigenvalue weighted by Gasteiger charge is -2.18. The van der Waals surface area contributed by atoms with Crippen LogP contribution in [0.2, 0.25) is 0 Å². The number of hydrogen-bond acceptors (Lipinski definition) is 3. The summed E-state index contributed by atoms with van der Waals surface area (Å²) in [6.07, 6.45) is 0.712. The van der Waals surface area contributed by atoms with Crippen LogP contribution in [0, 0.1) is 0 Å². The second-order valence-corrected chi connectivity index (χ2v) is 5.71. The molecule has 5 nitrogen and oxygen atoms in total. The third-order valence-electron chi connectivity index (χ3n) is 3.76. The summed E-state index contributed by atoms with van der Waals surface area (Å²) in [7, 11) is 3.29. The molecule has 2 aromatic carbocycles. The van der Waals surface area contributed by atoms with E-state index in [0.717, 1.165) is 16.9 Å². The molecule has 0 bridgehead atoms. The topological polar surface area (TPSA) is 50.8 Å². The molecule has 0 spiro atoms. The molecule has 7 heteroatoms. The van der Waals surface area contributed by atoms with Crippen LogP contribution < -0.4 is 14.8 Å². The highest BCUT2D eigenvalue weighted by molar-refractivity contribution is 5.73. The first kappa shape index (κ1) is 19.5. The molecule has 2 amide bonds. The van der Waals surface area contributed by atoms with Gasteiger partial charge in [-0.2, -0.15) is 8.78 Å². The Balaban J connectivity index is 1.76. The number of nitrogens with zero attached hydrogens (tertiary/aromatic N) is 1. The maximum atomic E-state index is 12.1. The summed E-state index contributed by atoms with van der Waals surface area (Å²) in [5.41, 5.74) is 1.92. The van der Waals surface area contributed by atoms with E-state index in [2.05, 4.69) is 10.1 Å². The van der Waals surface area contributed by atoms with Gasteiger partial charge >= 0.3 is 12.6 Å². The molecule has 0 saturated carbocycles. The number of methoxy groups -OCH3 is 1. The monoisotopic (exact) mass is 364 g/mol. The highest BCUT2D eigenvalue weighted by atomic mass is 19.3. The van der Waals surface area contributed by atoms with Crippen LogP contribution in [0.5, 0.6) is 11.5 Å². The van der Waals surface area contributed by atoms with Crippen LogP contribution in [0.25, 0.3) is 0 Å². The summed E-state index contributed by atoms with van der Waals surface area (Å²) in [6, 6.07) is 13.7. The lowest BCUT2D eigenvalue weighted by atomic mass is 10.1. The Labute approximate surface area is 151 Å². The second-order valence-electron chi connectivity index (χ2n) is 5.71. The van der Waals surface area contributed by atoms with E-state index in [0.29, 0.717) is 19.5 Å². The van der Waals surface area contributed by atoms with Gasteiger partial charge in [0.05, 0.1) is 7.11 Å². The number of rotatable bonds is 8. The molecule has 0 aliphatic carbocycles. The van der Waals surface area contributed by atoms with Crippen molar-refractivity contribution >= 4 is 6.03 Å². The zero-order valence-corrected chi connectivity index (χ0v) is 14.7. The summed E-state index contributed by atoms with van der Waals surface area (Å²) in [4.78, 5) is 13.6. The summed E-state index contributed by atoms with van der Waals surface area (Å²) < 4.78 is 33.7. The van der Waals surface area contributed by atoms with Crippen molar-refractivity contribution in [3.05, 3.63) is 59.7 Å². The van der Waals surface area contributed by atoms with Crippen LogP contribution in [-0.2, 0) is 13.0 Å².